The molecule has 4 rings (SSSR count). The number of benzene rings is 1. The highest BCUT2D eigenvalue weighted by molar-refractivity contribution is 5.94. The van der Waals surface area contributed by atoms with E-state index in [-0.39, 0.29) is 0 Å². The molecule has 0 bridgehead atoms. The van der Waals surface area contributed by atoms with Crippen LogP contribution >= 0.6 is 0 Å². The van der Waals surface area contributed by atoms with E-state index in [1.807, 2.05) is 24.5 Å². The lowest BCUT2D eigenvalue weighted by Gasteiger charge is -2.35. The van der Waals surface area contributed by atoms with Crippen LogP contribution in [0.2, 0.25) is 0 Å². The Labute approximate surface area is 154 Å². The van der Waals surface area contributed by atoms with Crippen molar-refractivity contribution < 1.29 is 4.74 Å². The first-order valence-electron chi connectivity index (χ1n) is 9.15. The maximum absolute atomic E-state index is 5.27. The largest absolute Gasteiger partial charge is 0.497 e. The van der Waals surface area contributed by atoms with E-state index in [9.17, 15) is 0 Å². The number of ether oxygens (including phenoxy) is 1. The average molecular weight is 348 g/mol. The van der Waals surface area contributed by atoms with Crippen molar-refractivity contribution in [2.75, 3.05) is 44.7 Å². The molecule has 0 atom stereocenters. The number of rotatable bonds is 4. The molecule has 5 nitrogen and oxygen atoms in total. The fourth-order valence-corrected chi connectivity index (χ4v) is 3.50. The molecule has 1 fully saturated rings. The van der Waals surface area contributed by atoms with Gasteiger partial charge in [-0.15, -0.1) is 0 Å². The topological polar surface area (TPSA) is 41.5 Å². The maximum Gasteiger partial charge on any atom is 0.138 e. The number of methoxy groups -OCH3 is 1. The Bertz CT molecular complexity index is 886. The number of anilines is 1. The molecule has 0 aliphatic carbocycles. The molecule has 0 N–H and O–H groups in total. The molecule has 3 heterocycles. The molecule has 0 saturated carbocycles. The van der Waals surface area contributed by atoms with E-state index in [4.69, 9.17) is 9.72 Å². The second kappa shape index (κ2) is 7.30. The molecule has 2 aromatic heterocycles. The molecule has 1 saturated heterocycles. The van der Waals surface area contributed by atoms with Crippen LogP contribution in [-0.2, 0) is 0 Å². The van der Waals surface area contributed by atoms with Crippen LogP contribution < -0.4 is 9.64 Å². The lowest BCUT2D eigenvalue weighted by Crippen LogP contribution is -2.46. The first-order valence-corrected chi connectivity index (χ1v) is 9.15. The first kappa shape index (κ1) is 16.8. The van der Waals surface area contributed by atoms with Gasteiger partial charge < -0.3 is 14.5 Å². The Morgan fingerprint density at radius 2 is 1.81 bits per heavy atom. The van der Waals surface area contributed by atoms with Crippen molar-refractivity contribution in [3.05, 3.63) is 48.8 Å². The SMILES string of the molecule is CCN1CCN(c2nc(-c3ccc(OC)cc3)cc3ccncc23)CC1. The summed E-state index contributed by atoms with van der Waals surface area (Å²) < 4.78 is 5.27. The van der Waals surface area contributed by atoms with E-state index in [0.29, 0.717) is 0 Å². The average Bonchev–Trinajstić information content (AvgIpc) is 2.73. The van der Waals surface area contributed by atoms with Crippen molar-refractivity contribution in [1.82, 2.24) is 14.9 Å². The van der Waals surface area contributed by atoms with Crippen molar-refractivity contribution in [3.8, 4) is 17.0 Å². The second-order valence-corrected chi connectivity index (χ2v) is 6.58. The number of piperazine rings is 1. The van der Waals surface area contributed by atoms with Gasteiger partial charge in [-0.2, -0.15) is 0 Å². The van der Waals surface area contributed by atoms with E-state index < -0.39 is 0 Å². The first-order chi connectivity index (χ1) is 12.8. The van der Waals surface area contributed by atoms with Crippen LogP contribution in [-0.4, -0.2) is 54.7 Å². The van der Waals surface area contributed by atoms with Crippen LogP contribution in [0, 0.1) is 0 Å². The molecule has 1 aliphatic heterocycles. The van der Waals surface area contributed by atoms with Crippen LogP contribution in [0.3, 0.4) is 0 Å². The minimum absolute atomic E-state index is 0.856. The molecule has 134 valence electrons. The molecule has 3 aromatic rings. The quantitative estimate of drug-likeness (QED) is 0.722. The van der Waals surface area contributed by atoms with Gasteiger partial charge in [0.15, 0.2) is 0 Å². The smallest absolute Gasteiger partial charge is 0.138 e. The second-order valence-electron chi connectivity index (χ2n) is 6.58. The van der Waals surface area contributed by atoms with Gasteiger partial charge in [0.2, 0.25) is 0 Å². The Balaban J connectivity index is 1.75. The van der Waals surface area contributed by atoms with Gasteiger partial charge in [0.05, 0.1) is 12.8 Å². The Hall–Kier alpha value is -2.66. The number of fused-ring (bicyclic) bond motifs is 1. The summed E-state index contributed by atoms with van der Waals surface area (Å²) in [6, 6.07) is 12.3. The third kappa shape index (κ3) is 3.22. The molecular weight excluding hydrogens is 324 g/mol. The van der Waals surface area contributed by atoms with Gasteiger partial charge in [0, 0.05) is 49.5 Å². The normalized spacial score (nSPS) is 15.4. The number of likely N-dealkylation sites (N-methyl/N-ethyl adjacent to an activating group) is 1. The van der Waals surface area contributed by atoms with Crippen LogP contribution in [0.5, 0.6) is 5.75 Å². The van der Waals surface area contributed by atoms with Crippen molar-refractivity contribution in [2.24, 2.45) is 0 Å². The molecule has 0 spiro atoms. The third-order valence-corrected chi connectivity index (χ3v) is 5.12. The highest BCUT2D eigenvalue weighted by Gasteiger charge is 2.20. The van der Waals surface area contributed by atoms with Crippen LogP contribution in [0.15, 0.2) is 48.8 Å². The summed E-state index contributed by atoms with van der Waals surface area (Å²) in [5.41, 5.74) is 2.08. The van der Waals surface area contributed by atoms with Gasteiger partial charge in [-0.05, 0) is 48.3 Å². The zero-order valence-corrected chi connectivity index (χ0v) is 15.4. The molecule has 26 heavy (non-hydrogen) atoms. The Kier molecular flexibility index (Phi) is 4.71. The summed E-state index contributed by atoms with van der Waals surface area (Å²) >= 11 is 0. The van der Waals surface area contributed by atoms with E-state index in [2.05, 4.69) is 46.0 Å². The van der Waals surface area contributed by atoms with Crippen molar-refractivity contribution in [2.45, 2.75) is 6.92 Å². The maximum atomic E-state index is 5.27. The predicted octanol–water partition coefficient (Wildman–Crippen LogP) is 3.45. The predicted molar refractivity (Wildman–Crippen MR) is 106 cm³/mol. The van der Waals surface area contributed by atoms with Gasteiger partial charge in [-0.1, -0.05) is 6.92 Å². The lowest BCUT2D eigenvalue weighted by atomic mass is 10.1. The molecule has 1 aliphatic rings. The zero-order valence-electron chi connectivity index (χ0n) is 15.4. The minimum Gasteiger partial charge on any atom is -0.497 e. The fraction of sp³-hybridized carbons (Fsp3) is 0.333. The zero-order chi connectivity index (χ0) is 17.9. The van der Waals surface area contributed by atoms with E-state index in [0.717, 1.165) is 60.9 Å². The molecular formula is C21H24N4O. The van der Waals surface area contributed by atoms with Gasteiger partial charge in [-0.3, -0.25) is 4.98 Å². The van der Waals surface area contributed by atoms with E-state index >= 15 is 0 Å². The summed E-state index contributed by atoms with van der Waals surface area (Å²) in [6.45, 7) is 7.47. The van der Waals surface area contributed by atoms with Gasteiger partial charge in [-0.25, -0.2) is 4.98 Å². The highest BCUT2D eigenvalue weighted by atomic mass is 16.5. The Morgan fingerprint density at radius 1 is 1.04 bits per heavy atom. The van der Waals surface area contributed by atoms with Gasteiger partial charge in [0.1, 0.15) is 11.6 Å². The lowest BCUT2D eigenvalue weighted by molar-refractivity contribution is 0.271. The molecule has 0 unspecified atom stereocenters. The summed E-state index contributed by atoms with van der Waals surface area (Å²) in [5.74, 6) is 1.90. The summed E-state index contributed by atoms with van der Waals surface area (Å²) in [6.07, 6.45) is 3.78. The molecule has 0 amide bonds. The number of aromatic nitrogens is 2. The monoisotopic (exact) mass is 348 g/mol. The standard InChI is InChI=1S/C21H24N4O/c1-3-24-10-12-25(13-11-24)21-19-15-22-9-8-17(19)14-20(23-21)16-4-6-18(26-2)7-5-16/h4-9,14-15H,3,10-13H2,1-2H3. The van der Waals surface area contributed by atoms with Crippen LogP contribution in [0.1, 0.15) is 6.92 Å². The third-order valence-electron chi connectivity index (χ3n) is 5.12. The Morgan fingerprint density at radius 3 is 2.50 bits per heavy atom. The van der Waals surface area contributed by atoms with Crippen LogP contribution in [0.25, 0.3) is 22.0 Å². The summed E-state index contributed by atoms with van der Waals surface area (Å²) in [7, 11) is 1.68. The number of hydrogen-bond donors (Lipinski definition) is 0. The van der Waals surface area contributed by atoms with E-state index in [1.165, 1.54) is 5.39 Å². The van der Waals surface area contributed by atoms with Gasteiger partial charge in [0.25, 0.3) is 0 Å². The number of pyridine rings is 2. The fourth-order valence-electron chi connectivity index (χ4n) is 3.50. The summed E-state index contributed by atoms with van der Waals surface area (Å²) in [4.78, 5) is 14.2. The number of nitrogens with zero attached hydrogens (tertiary/aromatic N) is 4. The van der Waals surface area contributed by atoms with Gasteiger partial charge >= 0.3 is 0 Å². The van der Waals surface area contributed by atoms with E-state index in [1.54, 1.807) is 7.11 Å². The summed E-state index contributed by atoms with van der Waals surface area (Å²) in [5, 5.41) is 2.29. The van der Waals surface area contributed by atoms with Crippen molar-refractivity contribution in [1.29, 1.82) is 0 Å². The minimum atomic E-state index is 0.856. The molecule has 1 aromatic carbocycles. The van der Waals surface area contributed by atoms with Crippen molar-refractivity contribution >= 4 is 16.6 Å². The van der Waals surface area contributed by atoms with Crippen LogP contribution in [0.4, 0.5) is 5.82 Å². The number of hydrogen-bond acceptors (Lipinski definition) is 5. The highest BCUT2D eigenvalue weighted by Crippen LogP contribution is 2.30. The van der Waals surface area contributed by atoms with Crippen molar-refractivity contribution in [3.63, 3.8) is 0 Å². The molecule has 0 radical (unpaired) electrons. The molecule has 5 heteroatoms.